The highest BCUT2D eigenvalue weighted by molar-refractivity contribution is 8.00. The van der Waals surface area contributed by atoms with E-state index < -0.39 is 5.97 Å². The lowest BCUT2D eigenvalue weighted by Gasteiger charge is -2.08. The lowest BCUT2D eigenvalue weighted by Crippen LogP contribution is -2.15. The molecule has 0 amide bonds. The van der Waals surface area contributed by atoms with E-state index in [1.165, 1.54) is 18.9 Å². The molecule has 0 aromatic carbocycles. The Morgan fingerprint density at radius 3 is 2.57 bits per heavy atom. The van der Waals surface area contributed by atoms with E-state index in [2.05, 4.69) is 4.74 Å². The van der Waals surface area contributed by atoms with Crippen LogP contribution in [0.15, 0.2) is 0 Å². The summed E-state index contributed by atoms with van der Waals surface area (Å²) in [7, 11) is 1.35. The summed E-state index contributed by atoms with van der Waals surface area (Å²) in [6.07, 6.45) is 1.64. The van der Waals surface area contributed by atoms with Gasteiger partial charge in [-0.25, -0.2) is 0 Å². The zero-order valence-electron chi connectivity index (χ0n) is 8.49. The van der Waals surface area contributed by atoms with Crippen molar-refractivity contribution in [3.05, 3.63) is 0 Å². The van der Waals surface area contributed by atoms with Crippen LogP contribution in [0.1, 0.15) is 26.2 Å². The summed E-state index contributed by atoms with van der Waals surface area (Å²) in [5, 5.41) is 8.36. The molecule has 0 aliphatic rings. The van der Waals surface area contributed by atoms with E-state index in [9.17, 15) is 9.59 Å². The first-order valence-electron chi connectivity index (χ1n) is 4.53. The Morgan fingerprint density at radius 1 is 1.50 bits per heavy atom. The van der Waals surface area contributed by atoms with Crippen LogP contribution in [0.25, 0.3) is 0 Å². The predicted octanol–water partition coefficient (Wildman–Crippen LogP) is 1.54. The van der Waals surface area contributed by atoms with Crippen molar-refractivity contribution in [2.75, 3.05) is 12.9 Å². The summed E-state index contributed by atoms with van der Waals surface area (Å²) >= 11 is 1.37. The first-order valence-corrected chi connectivity index (χ1v) is 5.57. The molecule has 0 rings (SSSR count). The molecule has 82 valence electrons. The van der Waals surface area contributed by atoms with Crippen LogP contribution in [0, 0.1) is 0 Å². The zero-order valence-corrected chi connectivity index (χ0v) is 9.30. The van der Waals surface area contributed by atoms with Crippen LogP contribution < -0.4 is 0 Å². The smallest absolute Gasteiger partial charge is 0.316 e. The van der Waals surface area contributed by atoms with Gasteiger partial charge in [0.1, 0.15) is 5.25 Å². The molecule has 0 fully saturated rings. The van der Waals surface area contributed by atoms with E-state index in [1.54, 1.807) is 0 Å². The van der Waals surface area contributed by atoms with Crippen LogP contribution in [0.5, 0.6) is 0 Å². The van der Waals surface area contributed by atoms with Gasteiger partial charge < -0.3 is 9.84 Å². The van der Waals surface area contributed by atoms with Gasteiger partial charge in [0.25, 0.3) is 0 Å². The number of hydrogen-bond donors (Lipinski definition) is 1. The molecule has 1 unspecified atom stereocenters. The molecule has 0 aliphatic carbocycles. The van der Waals surface area contributed by atoms with Gasteiger partial charge in [0.2, 0.25) is 0 Å². The molecule has 14 heavy (non-hydrogen) atoms. The second-order valence-electron chi connectivity index (χ2n) is 2.79. The number of esters is 1. The average Bonchev–Trinajstić information content (AvgIpc) is 2.16. The average molecular weight is 220 g/mol. The highest BCUT2D eigenvalue weighted by Crippen LogP contribution is 2.16. The van der Waals surface area contributed by atoms with Crippen LogP contribution in [0.3, 0.4) is 0 Å². The predicted molar refractivity (Wildman–Crippen MR) is 55.4 cm³/mol. The van der Waals surface area contributed by atoms with Gasteiger partial charge in [-0.2, -0.15) is 0 Å². The van der Waals surface area contributed by atoms with Crippen molar-refractivity contribution in [3.8, 4) is 0 Å². The maximum absolute atomic E-state index is 10.7. The van der Waals surface area contributed by atoms with Crippen molar-refractivity contribution in [1.82, 2.24) is 0 Å². The number of methoxy groups -OCH3 is 1. The molecule has 0 aliphatic heterocycles. The van der Waals surface area contributed by atoms with Crippen molar-refractivity contribution < 1.29 is 19.4 Å². The van der Waals surface area contributed by atoms with Gasteiger partial charge in [-0.1, -0.05) is 6.92 Å². The van der Waals surface area contributed by atoms with Crippen LogP contribution in [-0.2, 0) is 14.3 Å². The maximum atomic E-state index is 10.7. The minimum absolute atomic E-state index is 0.242. The summed E-state index contributed by atoms with van der Waals surface area (Å²) in [6.45, 7) is 1.84. The molecule has 5 heteroatoms. The van der Waals surface area contributed by atoms with Crippen LogP contribution >= 0.6 is 11.8 Å². The normalized spacial score (nSPS) is 12.1. The molecule has 0 radical (unpaired) electrons. The van der Waals surface area contributed by atoms with Crippen molar-refractivity contribution in [2.24, 2.45) is 0 Å². The molecule has 0 heterocycles. The van der Waals surface area contributed by atoms with E-state index in [-0.39, 0.29) is 11.2 Å². The number of carbonyl (C=O) groups excluding carboxylic acids is 1. The molecule has 4 nitrogen and oxygen atoms in total. The van der Waals surface area contributed by atoms with Gasteiger partial charge in [0.15, 0.2) is 0 Å². The standard InChI is InChI=1S/C9H16O4S/c1-3-7(9(11)12)14-6-4-5-8(10)13-2/h7H,3-6H2,1-2H3,(H,11,12). The third-order valence-corrected chi connectivity index (χ3v) is 3.18. The quantitative estimate of drug-likeness (QED) is 0.521. The number of carbonyl (C=O) groups is 2. The van der Waals surface area contributed by atoms with Gasteiger partial charge in [-0.15, -0.1) is 11.8 Å². The first kappa shape index (κ1) is 13.3. The molecule has 0 aromatic heterocycles. The van der Waals surface area contributed by atoms with E-state index in [4.69, 9.17) is 5.11 Å². The lowest BCUT2D eigenvalue weighted by molar-refractivity contribution is -0.140. The van der Waals surface area contributed by atoms with Crippen molar-refractivity contribution in [2.45, 2.75) is 31.4 Å². The second kappa shape index (κ2) is 7.67. The largest absolute Gasteiger partial charge is 0.480 e. The molecule has 0 spiro atoms. The number of thioether (sulfide) groups is 1. The topological polar surface area (TPSA) is 63.6 Å². The van der Waals surface area contributed by atoms with E-state index in [0.29, 0.717) is 25.0 Å². The first-order chi connectivity index (χ1) is 6.61. The van der Waals surface area contributed by atoms with Crippen LogP contribution in [0.4, 0.5) is 0 Å². The minimum Gasteiger partial charge on any atom is -0.480 e. The van der Waals surface area contributed by atoms with E-state index in [1.807, 2.05) is 6.92 Å². The van der Waals surface area contributed by atoms with Gasteiger partial charge in [0.05, 0.1) is 7.11 Å². The number of hydrogen-bond acceptors (Lipinski definition) is 4. The Hall–Kier alpha value is -0.710. The lowest BCUT2D eigenvalue weighted by atomic mass is 10.3. The number of ether oxygens (including phenoxy) is 1. The van der Waals surface area contributed by atoms with Gasteiger partial charge in [-0.05, 0) is 18.6 Å². The van der Waals surface area contributed by atoms with Gasteiger partial charge >= 0.3 is 11.9 Å². The summed E-state index contributed by atoms with van der Waals surface area (Å²) in [4.78, 5) is 21.3. The summed E-state index contributed by atoms with van der Waals surface area (Å²) in [5.41, 5.74) is 0. The fourth-order valence-electron chi connectivity index (χ4n) is 0.908. The second-order valence-corrected chi connectivity index (χ2v) is 4.10. The molecule has 1 atom stereocenters. The summed E-state index contributed by atoms with van der Waals surface area (Å²) in [6, 6.07) is 0. The summed E-state index contributed by atoms with van der Waals surface area (Å²) < 4.78 is 4.47. The molecule has 0 saturated heterocycles. The maximum Gasteiger partial charge on any atom is 0.316 e. The molecule has 0 bridgehead atoms. The fourth-order valence-corrected chi connectivity index (χ4v) is 1.88. The molecule has 0 aromatic rings. The third kappa shape index (κ3) is 5.85. The van der Waals surface area contributed by atoms with Crippen molar-refractivity contribution >= 4 is 23.7 Å². The van der Waals surface area contributed by atoms with Gasteiger partial charge in [-0.3, -0.25) is 9.59 Å². The Labute approximate surface area is 88.0 Å². The van der Waals surface area contributed by atoms with Crippen LogP contribution in [-0.4, -0.2) is 35.2 Å². The monoisotopic (exact) mass is 220 g/mol. The Morgan fingerprint density at radius 2 is 2.14 bits per heavy atom. The minimum atomic E-state index is -0.782. The van der Waals surface area contributed by atoms with Crippen molar-refractivity contribution in [3.63, 3.8) is 0 Å². The fraction of sp³-hybridized carbons (Fsp3) is 0.778. The van der Waals surface area contributed by atoms with E-state index in [0.717, 1.165) is 0 Å². The molecule has 1 N–H and O–H groups in total. The Kier molecular flexibility index (Phi) is 7.28. The molecule has 0 saturated carbocycles. The SMILES string of the molecule is CCC(SCCCC(=O)OC)C(=O)O. The number of carboxylic acids is 1. The summed E-state index contributed by atoms with van der Waals surface area (Å²) in [5.74, 6) is -0.343. The Bertz CT molecular complexity index is 193. The number of carboxylic acid groups (broad SMARTS) is 1. The Balaban J connectivity index is 3.52. The van der Waals surface area contributed by atoms with Crippen molar-refractivity contribution in [1.29, 1.82) is 0 Å². The highest BCUT2D eigenvalue weighted by atomic mass is 32.2. The zero-order chi connectivity index (χ0) is 11.0. The van der Waals surface area contributed by atoms with E-state index >= 15 is 0 Å². The number of aliphatic carboxylic acids is 1. The number of rotatable bonds is 7. The van der Waals surface area contributed by atoms with Gasteiger partial charge in [0, 0.05) is 6.42 Å². The highest BCUT2D eigenvalue weighted by Gasteiger charge is 2.14. The molecular weight excluding hydrogens is 204 g/mol. The molecular formula is C9H16O4S. The van der Waals surface area contributed by atoms with Crippen LogP contribution in [0.2, 0.25) is 0 Å². The third-order valence-electron chi connectivity index (χ3n) is 1.72.